The van der Waals surface area contributed by atoms with E-state index in [4.69, 9.17) is 20.8 Å². The number of sulfonamides is 1. The minimum Gasteiger partial charge on any atom is -0.494 e. The number of hydrogen-bond acceptors (Lipinski definition) is 5. The van der Waals surface area contributed by atoms with Crippen molar-refractivity contribution in [2.45, 2.75) is 4.90 Å². The first-order chi connectivity index (χ1) is 14.8. The van der Waals surface area contributed by atoms with Crippen LogP contribution in [0, 0.1) is 5.82 Å². The monoisotopic (exact) mass is 459 g/mol. The summed E-state index contributed by atoms with van der Waals surface area (Å²) in [6.45, 7) is 0. The number of furan rings is 1. The predicted octanol–water partition coefficient (Wildman–Crippen LogP) is 5.27. The maximum absolute atomic E-state index is 14.1. The molecule has 6 nitrogen and oxygen atoms in total. The molecule has 4 aromatic rings. The number of ether oxygens (including phenoxy) is 1. The van der Waals surface area contributed by atoms with Gasteiger partial charge in [0.2, 0.25) is 5.78 Å². The van der Waals surface area contributed by atoms with Crippen molar-refractivity contribution in [3.63, 3.8) is 0 Å². The second-order valence-electron chi connectivity index (χ2n) is 6.54. The van der Waals surface area contributed by atoms with Gasteiger partial charge in [-0.2, -0.15) is 0 Å². The lowest BCUT2D eigenvalue weighted by atomic mass is 10.1. The van der Waals surface area contributed by atoms with Crippen LogP contribution in [-0.2, 0) is 10.0 Å². The van der Waals surface area contributed by atoms with Gasteiger partial charge in [-0.1, -0.05) is 23.7 Å². The average molecular weight is 460 g/mol. The largest absolute Gasteiger partial charge is 0.494 e. The number of ketones is 1. The van der Waals surface area contributed by atoms with Crippen molar-refractivity contribution in [1.29, 1.82) is 0 Å². The van der Waals surface area contributed by atoms with Crippen molar-refractivity contribution in [2.75, 3.05) is 11.8 Å². The van der Waals surface area contributed by atoms with Crippen LogP contribution in [-0.4, -0.2) is 21.3 Å². The first-order valence-corrected chi connectivity index (χ1v) is 10.8. The molecule has 0 radical (unpaired) electrons. The highest BCUT2D eigenvalue weighted by molar-refractivity contribution is 7.92. The number of hydrogen-bond donors (Lipinski definition) is 1. The van der Waals surface area contributed by atoms with Crippen molar-refractivity contribution in [1.82, 2.24) is 0 Å². The summed E-state index contributed by atoms with van der Waals surface area (Å²) in [4.78, 5) is 12.7. The van der Waals surface area contributed by atoms with Crippen molar-refractivity contribution < 1.29 is 26.8 Å². The molecule has 1 N–H and O–H groups in total. The lowest BCUT2D eigenvalue weighted by Crippen LogP contribution is -2.15. The van der Waals surface area contributed by atoms with E-state index in [0.717, 1.165) is 6.07 Å². The summed E-state index contributed by atoms with van der Waals surface area (Å²) in [5.41, 5.74) is 0.546. The fraction of sp³-hybridized carbons (Fsp3) is 0.0455. The molecule has 4 rings (SSSR count). The highest BCUT2D eigenvalue weighted by Crippen LogP contribution is 2.34. The topological polar surface area (TPSA) is 85.6 Å². The summed E-state index contributed by atoms with van der Waals surface area (Å²) >= 11 is 5.88. The lowest BCUT2D eigenvalue weighted by Gasteiger charge is -2.10. The molecule has 0 spiro atoms. The fourth-order valence-corrected chi connectivity index (χ4v) is 4.27. The fourth-order valence-electron chi connectivity index (χ4n) is 3.05. The van der Waals surface area contributed by atoms with E-state index < -0.39 is 21.6 Å². The molecule has 9 heteroatoms. The van der Waals surface area contributed by atoms with Crippen LogP contribution in [0.2, 0.25) is 5.02 Å². The number of fused-ring (bicyclic) bond motifs is 1. The Bertz CT molecular complexity index is 1400. The Kier molecular flexibility index (Phi) is 5.43. The minimum absolute atomic E-state index is 0.0354. The molecule has 158 valence electrons. The Morgan fingerprint density at radius 2 is 1.77 bits per heavy atom. The Balaban J connectivity index is 1.81. The summed E-state index contributed by atoms with van der Waals surface area (Å²) in [6.07, 6.45) is 0. The maximum Gasteiger partial charge on any atom is 0.262 e. The third kappa shape index (κ3) is 3.99. The third-order valence-corrected chi connectivity index (χ3v) is 6.18. The smallest absolute Gasteiger partial charge is 0.262 e. The normalized spacial score (nSPS) is 11.5. The molecule has 0 atom stereocenters. The second-order valence-corrected chi connectivity index (χ2v) is 8.66. The van der Waals surface area contributed by atoms with Gasteiger partial charge >= 0.3 is 0 Å². The summed E-state index contributed by atoms with van der Waals surface area (Å²) < 4.78 is 52.9. The molecule has 31 heavy (non-hydrogen) atoms. The van der Waals surface area contributed by atoms with Crippen LogP contribution in [0.5, 0.6) is 5.75 Å². The highest BCUT2D eigenvalue weighted by atomic mass is 35.5. The van der Waals surface area contributed by atoms with E-state index in [0.29, 0.717) is 16.0 Å². The van der Waals surface area contributed by atoms with Crippen LogP contribution in [0.4, 0.5) is 10.1 Å². The maximum atomic E-state index is 14.1. The number of anilines is 1. The Labute approximate surface area is 182 Å². The quantitative estimate of drug-likeness (QED) is 0.397. The van der Waals surface area contributed by atoms with Gasteiger partial charge in [-0.3, -0.25) is 9.52 Å². The molecule has 0 bridgehead atoms. The standard InChI is InChI=1S/C22H15ClFNO5S/c1-29-19-11-10-15(12-17(19)24)31(27,28)25-20-16-4-2-3-5-18(16)30-22(20)21(26)13-6-8-14(23)9-7-13/h2-12,25H,1H3. The van der Waals surface area contributed by atoms with Crippen molar-refractivity contribution in [3.05, 3.63) is 88.9 Å². The van der Waals surface area contributed by atoms with Crippen molar-refractivity contribution >= 4 is 44.1 Å². The molecule has 0 unspecified atom stereocenters. The van der Waals surface area contributed by atoms with Crippen LogP contribution >= 0.6 is 11.6 Å². The molecule has 0 fully saturated rings. The Morgan fingerprint density at radius 3 is 2.45 bits per heavy atom. The minimum atomic E-state index is -4.25. The third-order valence-electron chi connectivity index (χ3n) is 4.58. The first kappa shape index (κ1) is 20.9. The average Bonchev–Trinajstić information content (AvgIpc) is 3.11. The van der Waals surface area contributed by atoms with E-state index >= 15 is 0 Å². The molecule has 0 saturated carbocycles. The van der Waals surface area contributed by atoms with Gasteiger partial charge in [-0.05, 0) is 54.6 Å². The Hall–Kier alpha value is -3.36. The number of methoxy groups -OCH3 is 1. The summed E-state index contributed by atoms with van der Waals surface area (Å²) in [7, 11) is -2.97. The number of halogens is 2. The molecule has 0 aliphatic carbocycles. The molecular weight excluding hydrogens is 445 g/mol. The summed E-state index contributed by atoms with van der Waals surface area (Å²) in [6, 6.07) is 15.9. The van der Waals surface area contributed by atoms with Crippen LogP contribution in [0.15, 0.2) is 76.0 Å². The zero-order chi connectivity index (χ0) is 22.2. The lowest BCUT2D eigenvalue weighted by molar-refractivity contribution is 0.101. The molecule has 0 amide bonds. The van der Waals surface area contributed by atoms with Gasteiger partial charge < -0.3 is 9.15 Å². The van der Waals surface area contributed by atoms with Gasteiger partial charge in [-0.25, -0.2) is 12.8 Å². The van der Waals surface area contributed by atoms with Gasteiger partial charge in [0.05, 0.1) is 12.0 Å². The van der Waals surface area contributed by atoms with Gasteiger partial charge in [0.15, 0.2) is 17.3 Å². The van der Waals surface area contributed by atoms with E-state index in [1.807, 2.05) is 0 Å². The van der Waals surface area contributed by atoms with E-state index in [1.165, 1.54) is 31.4 Å². The van der Waals surface area contributed by atoms with Crippen LogP contribution < -0.4 is 9.46 Å². The van der Waals surface area contributed by atoms with E-state index in [9.17, 15) is 17.6 Å². The predicted molar refractivity (Wildman–Crippen MR) is 115 cm³/mol. The van der Waals surface area contributed by atoms with Crippen LogP contribution in [0.1, 0.15) is 16.1 Å². The van der Waals surface area contributed by atoms with Crippen LogP contribution in [0.3, 0.4) is 0 Å². The number of nitrogens with one attached hydrogen (secondary N) is 1. The zero-order valence-electron chi connectivity index (χ0n) is 16.1. The number of carbonyl (C=O) groups is 1. The van der Waals surface area contributed by atoms with E-state index in [2.05, 4.69) is 4.72 Å². The zero-order valence-corrected chi connectivity index (χ0v) is 17.6. The summed E-state index contributed by atoms with van der Waals surface area (Å²) in [5, 5.41) is 0.834. The molecule has 1 heterocycles. The van der Waals surface area contributed by atoms with Gasteiger partial charge in [-0.15, -0.1) is 0 Å². The summed E-state index contributed by atoms with van der Waals surface area (Å²) in [5.74, 6) is -1.65. The number of carbonyl (C=O) groups excluding carboxylic acids is 1. The molecular formula is C22H15ClFNO5S. The first-order valence-electron chi connectivity index (χ1n) is 8.98. The molecule has 3 aromatic carbocycles. The Morgan fingerprint density at radius 1 is 1.06 bits per heavy atom. The molecule has 0 saturated heterocycles. The van der Waals surface area contributed by atoms with Gasteiger partial charge in [0.25, 0.3) is 10.0 Å². The molecule has 0 aliphatic heterocycles. The van der Waals surface area contributed by atoms with Crippen LogP contribution in [0.25, 0.3) is 11.0 Å². The van der Waals surface area contributed by atoms with E-state index in [-0.39, 0.29) is 27.7 Å². The van der Waals surface area contributed by atoms with Crippen molar-refractivity contribution in [2.24, 2.45) is 0 Å². The molecule has 0 aliphatic rings. The SMILES string of the molecule is COc1ccc(S(=O)(=O)Nc2c(C(=O)c3ccc(Cl)cc3)oc3ccccc23)cc1F. The van der Waals surface area contributed by atoms with Gasteiger partial charge in [0, 0.05) is 16.0 Å². The number of rotatable bonds is 6. The van der Waals surface area contributed by atoms with Crippen molar-refractivity contribution in [3.8, 4) is 5.75 Å². The second kappa shape index (κ2) is 8.05. The molecule has 1 aromatic heterocycles. The van der Waals surface area contributed by atoms with Gasteiger partial charge in [0.1, 0.15) is 11.3 Å². The van der Waals surface area contributed by atoms with E-state index in [1.54, 1.807) is 36.4 Å². The number of para-hydroxylation sites is 1. The highest BCUT2D eigenvalue weighted by Gasteiger charge is 2.26. The number of benzene rings is 3.